The Morgan fingerprint density at radius 1 is 0.800 bits per heavy atom. The predicted molar refractivity (Wildman–Crippen MR) is 145 cm³/mol. The average Bonchev–Trinajstić information content (AvgIpc) is 2.86. The first-order valence-electron chi connectivity index (χ1n) is 13.9. The number of hydrogen-bond donors (Lipinski definition) is 1. The molecule has 0 saturated carbocycles. The van der Waals surface area contributed by atoms with Gasteiger partial charge in [0.05, 0.1) is 11.4 Å². The van der Waals surface area contributed by atoms with E-state index in [-0.39, 0.29) is 18.0 Å². The van der Waals surface area contributed by atoms with E-state index in [1.807, 2.05) is 6.92 Å². The lowest BCUT2D eigenvalue weighted by atomic mass is 10.1. The van der Waals surface area contributed by atoms with Gasteiger partial charge in [0.15, 0.2) is 0 Å². The lowest BCUT2D eigenvalue weighted by Crippen LogP contribution is -2.32. The van der Waals surface area contributed by atoms with Crippen molar-refractivity contribution in [3.05, 3.63) is 0 Å². The summed E-state index contributed by atoms with van der Waals surface area (Å²) in [6.45, 7) is 6.86. The van der Waals surface area contributed by atoms with Gasteiger partial charge in [-0.05, 0) is 30.8 Å². The van der Waals surface area contributed by atoms with E-state index in [9.17, 15) is 13.6 Å². The molecule has 0 aliphatic rings. The van der Waals surface area contributed by atoms with Crippen molar-refractivity contribution in [1.82, 2.24) is 0 Å². The fraction of sp³-hybridized carbons (Fsp3) is 0.962. The second kappa shape index (κ2) is 25.3. The van der Waals surface area contributed by atoms with Gasteiger partial charge >= 0.3 is 13.7 Å². The van der Waals surface area contributed by atoms with Crippen molar-refractivity contribution in [3.63, 3.8) is 0 Å². The van der Waals surface area contributed by atoms with E-state index in [0.29, 0.717) is 13.0 Å². The molecule has 0 aliphatic heterocycles. The van der Waals surface area contributed by atoms with Gasteiger partial charge in [0, 0.05) is 23.2 Å². The van der Waals surface area contributed by atoms with Crippen molar-refractivity contribution in [3.8, 4) is 0 Å². The largest absolute Gasteiger partial charge is 0.639 e. The molecule has 0 fully saturated rings. The van der Waals surface area contributed by atoms with Gasteiger partial charge in [-0.1, -0.05) is 104 Å². The smallest absolute Gasteiger partial charge is 0.377 e. The van der Waals surface area contributed by atoms with Crippen molar-refractivity contribution in [2.24, 2.45) is 0 Å². The first-order chi connectivity index (χ1) is 17.0. The van der Waals surface area contributed by atoms with E-state index in [0.717, 1.165) is 31.4 Å². The summed E-state index contributed by atoms with van der Waals surface area (Å²) in [6, 6.07) is 0. The van der Waals surface area contributed by atoms with E-state index in [4.69, 9.17) is 14.5 Å². The zero-order valence-electron chi connectivity index (χ0n) is 22.5. The van der Waals surface area contributed by atoms with Crippen LogP contribution in [-0.4, -0.2) is 45.5 Å². The van der Waals surface area contributed by atoms with Crippen LogP contribution < -0.4 is 0 Å². The highest BCUT2D eigenvalue weighted by molar-refractivity contribution is 7.85. The van der Waals surface area contributed by atoms with Crippen molar-refractivity contribution >= 4 is 24.5 Å². The van der Waals surface area contributed by atoms with Gasteiger partial charge in [-0.3, -0.25) is 9.10 Å². The molecule has 0 heterocycles. The zero-order chi connectivity index (χ0) is 26.2. The summed E-state index contributed by atoms with van der Waals surface area (Å²) in [5, 5.41) is 8.21. The number of ether oxygens (including phenoxy) is 1. The molecule has 0 radical (unpaired) electrons. The van der Waals surface area contributed by atoms with Crippen LogP contribution in [0.2, 0.25) is 0 Å². The quantitative estimate of drug-likeness (QED) is 0.0509. The van der Waals surface area contributed by atoms with Crippen molar-refractivity contribution in [2.75, 3.05) is 19.0 Å². The fourth-order valence-electron chi connectivity index (χ4n) is 4.08. The van der Waals surface area contributed by atoms with E-state index < -0.39 is 24.5 Å². The Morgan fingerprint density at radius 2 is 1.31 bits per heavy atom. The second-order valence-electron chi connectivity index (χ2n) is 9.39. The third-order valence-electron chi connectivity index (χ3n) is 6.26. The van der Waals surface area contributed by atoms with E-state index in [2.05, 4.69) is 18.7 Å². The summed E-state index contributed by atoms with van der Waals surface area (Å²) < 4.78 is 35.2. The van der Waals surface area contributed by atoms with Crippen molar-refractivity contribution in [2.45, 2.75) is 141 Å². The molecule has 0 aromatic carbocycles. The number of unbranched alkanes of at least 4 members (excludes halogenated alkanes) is 13. The molecule has 0 aromatic heterocycles. The standard InChI is InChI=1S/C26H51O7PS/c1-4-6-8-10-12-13-14-16-18-23-35(30)25(20-17-15-11-9-7-5-2)24(3)31-21-19-22-32-34(29)26(27)33-28/h24-25H,4-23H2,1-3H3/p+1. The van der Waals surface area contributed by atoms with Crippen LogP contribution in [0.4, 0.5) is 4.79 Å². The summed E-state index contributed by atoms with van der Waals surface area (Å²) in [7, 11) is -3.61. The highest BCUT2D eigenvalue weighted by Gasteiger charge is 2.34. The number of hydrogen-bond acceptors (Lipinski definition) is 7. The Hall–Kier alpha value is -0.400. The molecular weight excluding hydrogens is 487 g/mol. The maximum atomic E-state index is 13.1. The lowest BCUT2D eigenvalue weighted by molar-refractivity contribution is -0.168. The SMILES string of the molecule is CCCCCCCCCCCS(=O)C(CCCCCCCC)C(C)OCCCO[P+](=O)C(=O)OO. The Bertz CT molecular complexity index is 548. The normalized spacial score (nSPS) is 14.5. The van der Waals surface area contributed by atoms with Crippen LogP contribution in [0.1, 0.15) is 130 Å². The first kappa shape index (κ1) is 34.6. The molecule has 4 unspecified atom stereocenters. The van der Waals surface area contributed by atoms with Crippen LogP contribution in [-0.2, 0) is 29.5 Å². The minimum absolute atomic E-state index is 0.0112. The number of carbonyl (C=O) groups is 1. The van der Waals surface area contributed by atoms with Gasteiger partial charge in [0.1, 0.15) is 6.61 Å². The highest BCUT2D eigenvalue weighted by atomic mass is 32.2. The Labute approximate surface area is 217 Å². The molecule has 0 aromatic rings. The topological polar surface area (TPSA) is 99.1 Å². The van der Waals surface area contributed by atoms with Crippen LogP contribution in [0, 0.1) is 0 Å². The number of rotatable bonds is 26. The molecule has 0 rings (SSSR count). The van der Waals surface area contributed by atoms with Crippen LogP contribution in [0.3, 0.4) is 0 Å². The summed E-state index contributed by atoms with van der Waals surface area (Å²) in [5.41, 5.74) is -1.29. The minimum atomic E-state index is -2.69. The summed E-state index contributed by atoms with van der Waals surface area (Å²) in [6.07, 6.45) is 19.7. The molecule has 7 nitrogen and oxygen atoms in total. The van der Waals surface area contributed by atoms with E-state index >= 15 is 0 Å². The molecule has 35 heavy (non-hydrogen) atoms. The van der Waals surface area contributed by atoms with Crippen molar-refractivity contribution < 1.29 is 33.0 Å². The molecule has 9 heteroatoms. The van der Waals surface area contributed by atoms with Gasteiger partial charge in [0.2, 0.25) is 0 Å². The third-order valence-corrected chi connectivity index (χ3v) is 9.04. The maximum absolute atomic E-state index is 13.1. The van der Waals surface area contributed by atoms with Crippen LogP contribution >= 0.6 is 8.03 Å². The molecule has 1 N–H and O–H groups in total. The summed E-state index contributed by atoms with van der Waals surface area (Å²) in [5.74, 6) is 0.733. The van der Waals surface area contributed by atoms with Crippen LogP contribution in [0.5, 0.6) is 0 Å². The molecule has 208 valence electrons. The van der Waals surface area contributed by atoms with E-state index in [1.54, 1.807) is 0 Å². The number of carbonyl (C=O) groups excluding carboxylic acids is 1. The molecule has 0 amide bonds. The summed E-state index contributed by atoms with van der Waals surface area (Å²) in [4.78, 5) is 14.3. The van der Waals surface area contributed by atoms with Crippen LogP contribution in [0.15, 0.2) is 0 Å². The summed E-state index contributed by atoms with van der Waals surface area (Å²) >= 11 is 0. The molecular formula is C26H52O7PS+. The molecule has 0 spiro atoms. The second-order valence-corrected chi connectivity index (χ2v) is 12.3. The Kier molecular flexibility index (Phi) is 25.0. The molecule has 0 aliphatic carbocycles. The first-order valence-corrected chi connectivity index (χ1v) is 16.5. The molecule has 4 atom stereocenters. The van der Waals surface area contributed by atoms with Gasteiger partial charge < -0.3 is 4.74 Å². The van der Waals surface area contributed by atoms with Crippen LogP contribution in [0.25, 0.3) is 0 Å². The minimum Gasteiger partial charge on any atom is -0.377 e. The highest BCUT2D eigenvalue weighted by Crippen LogP contribution is 2.25. The fourth-order valence-corrected chi connectivity index (χ4v) is 6.28. The molecule has 0 bridgehead atoms. The van der Waals surface area contributed by atoms with Gasteiger partial charge in [-0.2, -0.15) is 10.1 Å². The van der Waals surface area contributed by atoms with Gasteiger partial charge in [-0.15, -0.1) is 4.52 Å². The molecule has 0 saturated heterocycles. The predicted octanol–water partition coefficient (Wildman–Crippen LogP) is 8.55. The average molecular weight is 540 g/mol. The van der Waals surface area contributed by atoms with Gasteiger partial charge in [-0.25, -0.2) is 0 Å². The zero-order valence-corrected chi connectivity index (χ0v) is 24.3. The maximum Gasteiger partial charge on any atom is 0.639 e. The van der Waals surface area contributed by atoms with E-state index in [1.165, 1.54) is 77.0 Å². The van der Waals surface area contributed by atoms with Crippen molar-refractivity contribution in [1.29, 1.82) is 0 Å². The Balaban J connectivity index is 4.34. The Morgan fingerprint density at radius 3 is 1.86 bits per heavy atom. The monoisotopic (exact) mass is 539 g/mol. The lowest BCUT2D eigenvalue weighted by Gasteiger charge is -2.24. The van der Waals surface area contributed by atoms with Gasteiger partial charge in [0.25, 0.3) is 0 Å². The third kappa shape index (κ3) is 20.4.